The third-order valence-corrected chi connectivity index (χ3v) is 4.80. The predicted molar refractivity (Wildman–Crippen MR) is 87.1 cm³/mol. The number of primary amides is 1. The molecule has 2 amide bonds. The van der Waals surface area contributed by atoms with E-state index in [1.807, 2.05) is 24.3 Å². The summed E-state index contributed by atoms with van der Waals surface area (Å²) < 4.78 is 5.15. The zero-order valence-electron chi connectivity index (χ0n) is 13.4. The molecule has 1 atom stereocenters. The van der Waals surface area contributed by atoms with E-state index in [4.69, 9.17) is 10.5 Å². The first-order valence-corrected chi connectivity index (χ1v) is 8.05. The molecule has 6 nitrogen and oxygen atoms in total. The van der Waals surface area contributed by atoms with E-state index < -0.39 is 11.3 Å². The van der Waals surface area contributed by atoms with Crippen LogP contribution in [0.15, 0.2) is 24.3 Å². The number of piperidine rings is 1. The summed E-state index contributed by atoms with van der Waals surface area (Å²) in [6, 6.07) is 7.92. The summed E-state index contributed by atoms with van der Waals surface area (Å²) in [5, 5.41) is 3.45. The first-order chi connectivity index (χ1) is 11.0. The molecule has 3 rings (SSSR count). The highest BCUT2D eigenvalue weighted by molar-refractivity contribution is 6.07. The first kappa shape index (κ1) is 15.6. The van der Waals surface area contributed by atoms with E-state index in [0.29, 0.717) is 25.9 Å². The van der Waals surface area contributed by atoms with Crippen molar-refractivity contribution in [1.29, 1.82) is 0 Å². The number of hydrogen-bond acceptors (Lipinski definition) is 4. The number of carbonyl (C=O) groups is 2. The Hall–Kier alpha value is -2.24. The van der Waals surface area contributed by atoms with Gasteiger partial charge in [0.2, 0.25) is 11.8 Å². The maximum atomic E-state index is 12.6. The number of benzene rings is 1. The van der Waals surface area contributed by atoms with E-state index in [1.54, 1.807) is 12.0 Å². The van der Waals surface area contributed by atoms with Crippen LogP contribution in [0.1, 0.15) is 25.7 Å². The van der Waals surface area contributed by atoms with E-state index in [0.717, 1.165) is 24.3 Å². The number of hydrogen-bond donors (Lipinski definition) is 2. The Balaban J connectivity index is 1.62. The van der Waals surface area contributed by atoms with Gasteiger partial charge in [0, 0.05) is 24.8 Å². The van der Waals surface area contributed by atoms with E-state index in [-0.39, 0.29) is 11.9 Å². The molecule has 1 aliphatic carbocycles. The molecule has 0 spiro atoms. The second-order valence-corrected chi connectivity index (χ2v) is 6.41. The van der Waals surface area contributed by atoms with Crippen LogP contribution in [0.4, 0.5) is 5.69 Å². The van der Waals surface area contributed by atoms with Gasteiger partial charge in [-0.1, -0.05) is 0 Å². The summed E-state index contributed by atoms with van der Waals surface area (Å²) in [7, 11) is 1.64. The first-order valence-electron chi connectivity index (χ1n) is 8.05. The van der Waals surface area contributed by atoms with Gasteiger partial charge >= 0.3 is 0 Å². The van der Waals surface area contributed by atoms with Crippen molar-refractivity contribution in [2.75, 3.05) is 25.5 Å². The van der Waals surface area contributed by atoms with Crippen LogP contribution in [0, 0.1) is 5.41 Å². The predicted octanol–water partition coefficient (Wildman–Crippen LogP) is 1.36. The second-order valence-electron chi connectivity index (χ2n) is 6.41. The van der Waals surface area contributed by atoms with E-state index in [1.165, 1.54) is 0 Å². The minimum atomic E-state index is -0.915. The number of nitrogens with two attached hydrogens (primary N) is 1. The van der Waals surface area contributed by atoms with E-state index >= 15 is 0 Å². The third-order valence-electron chi connectivity index (χ3n) is 4.80. The van der Waals surface area contributed by atoms with Gasteiger partial charge in [0.05, 0.1) is 7.11 Å². The number of methoxy groups -OCH3 is 1. The number of rotatable bonds is 5. The van der Waals surface area contributed by atoms with Crippen LogP contribution >= 0.6 is 0 Å². The Morgan fingerprint density at radius 2 is 2.00 bits per heavy atom. The van der Waals surface area contributed by atoms with Crippen molar-refractivity contribution < 1.29 is 14.3 Å². The van der Waals surface area contributed by atoms with Crippen LogP contribution in [-0.2, 0) is 9.59 Å². The molecule has 2 aliphatic rings. The largest absolute Gasteiger partial charge is 0.497 e. The molecule has 2 fully saturated rings. The molecule has 1 aromatic rings. The van der Waals surface area contributed by atoms with Crippen molar-refractivity contribution in [3.63, 3.8) is 0 Å². The van der Waals surface area contributed by atoms with Gasteiger partial charge in [-0.25, -0.2) is 0 Å². The normalized spacial score (nSPS) is 22.3. The van der Waals surface area contributed by atoms with Crippen molar-refractivity contribution >= 4 is 17.5 Å². The minimum absolute atomic E-state index is 0.0915. The number of anilines is 1. The van der Waals surface area contributed by atoms with Crippen LogP contribution in [-0.4, -0.2) is 43.0 Å². The molecule has 1 saturated heterocycles. The third kappa shape index (κ3) is 3.11. The molecular formula is C17H23N3O3. The quantitative estimate of drug-likeness (QED) is 0.803. The Kier molecular flexibility index (Phi) is 4.15. The topological polar surface area (TPSA) is 84.7 Å². The Morgan fingerprint density at radius 1 is 1.30 bits per heavy atom. The lowest BCUT2D eigenvalue weighted by Crippen LogP contribution is -2.50. The number of nitrogens with one attached hydrogen (secondary N) is 1. The zero-order valence-corrected chi connectivity index (χ0v) is 13.4. The maximum Gasteiger partial charge on any atom is 0.238 e. The number of carbonyl (C=O) groups excluding carboxylic acids is 2. The summed E-state index contributed by atoms with van der Waals surface area (Å²) in [5.41, 5.74) is 5.50. The van der Waals surface area contributed by atoms with Gasteiger partial charge in [0.25, 0.3) is 0 Å². The van der Waals surface area contributed by atoms with Gasteiger partial charge in [-0.2, -0.15) is 0 Å². The Labute approximate surface area is 136 Å². The molecule has 0 bridgehead atoms. The van der Waals surface area contributed by atoms with Gasteiger partial charge in [-0.3, -0.25) is 9.59 Å². The lowest BCUT2D eigenvalue weighted by molar-refractivity contribution is -0.143. The molecule has 0 radical (unpaired) electrons. The van der Waals surface area contributed by atoms with Gasteiger partial charge in [0.1, 0.15) is 11.2 Å². The molecule has 1 aromatic carbocycles. The van der Waals surface area contributed by atoms with Crippen LogP contribution in [0.2, 0.25) is 0 Å². The molecule has 1 saturated carbocycles. The highest BCUT2D eigenvalue weighted by Crippen LogP contribution is 2.47. The van der Waals surface area contributed by atoms with Gasteiger partial charge in [-0.05, 0) is 49.9 Å². The maximum absolute atomic E-state index is 12.6. The summed E-state index contributed by atoms with van der Waals surface area (Å²) in [6.45, 7) is 1.31. The monoisotopic (exact) mass is 317 g/mol. The number of amides is 2. The summed E-state index contributed by atoms with van der Waals surface area (Å²) in [5.74, 6) is 0.243. The fraction of sp³-hybridized carbons (Fsp3) is 0.529. The average molecular weight is 317 g/mol. The van der Waals surface area contributed by atoms with Crippen LogP contribution < -0.4 is 15.8 Å². The van der Waals surface area contributed by atoms with E-state index in [2.05, 4.69) is 5.32 Å². The highest BCUT2D eigenvalue weighted by Gasteiger charge is 2.57. The van der Waals surface area contributed by atoms with Crippen molar-refractivity contribution in [2.24, 2.45) is 11.1 Å². The molecule has 6 heteroatoms. The Bertz CT molecular complexity index is 596. The Morgan fingerprint density at radius 3 is 2.57 bits per heavy atom. The van der Waals surface area contributed by atoms with Gasteiger partial charge < -0.3 is 20.7 Å². The number of nitrogens with zero attached hydrogens (tertiary/aromatic N) is 1. The van der Waals surface area contributed by atoms with Crippen molar-refractivity contribution in [1.82, 2.24) is 4.90 Å². The fourth-order valence-electron chi connectivity index (χ4n) is 3.20. The summed E-state index contributed by atoms with van der Waals surface area (Å²) >= 11 is 0. The number of ether oxygens (including phenoxy) is 1. The summed E-state index contributed by atoms with van der Waals surface area (Å²) in [6.07, 6.45) is 3.11. The standard InChI is InChI=1S/C17H23N3O3/c1-23-14-6-4-12(5-7-14)19-13-3-2-10-20(11-13)16(22)17(8-9-17)15(18)21/h4-7,13,19H,2-3,8-11H2,1H3,(H2,18,21)/t13-/m0/s1. The molecule has 1 aliphatic heterocycles. The van der Waals surface area contributed by atoms with Crippen LogP contribution in [0.25, 0.3) is 0 Å². The smallest absolute Gasteiger partial charge is 0.238 e. The molecule has 0 unspecified atom stereocenters. The number of likely N-dealkylation sites (tertiary alicyclic amines) is 1. The molecule has 124 valence electrons. The van der Waals surface area contributed by atoms with Crippen LogP contribution in [0.3, 0.4) is 0 Å². The second kappa shape index (κ2) is 6.10. The SMILES string of the molecule is COc1ccc(N[C@H]2CCCN(C(=O)C3(C(N)=O)CC3)C2)cc1. The van der Waals surface area contributed by atoms with Crippen molar-refractivity contribution in [2.45, 2.75) is 31.7 Å². The average Bonchev–Trinajstić information content (AvgIpc) is 3.37. The molecule has 23 heavy (non-hydrogen) atoms. The van der Waals surface area contributed by atoms with Crippen molar-refractivity contribution in [3.8, 4) is 5.75 Å². The molecule has 1 heterocycles. The lowest BCUT2D eigenvalue weighted by Gasteiger charge is -2.35. The molecular weight excluding hydrogens is 294 g/mol. The lowest BCUT2D eigenvalue weighted by atomic mass is 10.00. The molecule has 3 N–H and O–H groups in total. The van der Waals surface area contributed by atoms with Crippen LogP contribution in [0.5, 0.6) is 5.75 Å². The zero-order chi connectivity index (χ0) is 16.4. The summed E-state index contributed by atoms with van der Waals surface area (Å²) in [4.78, 5) is 25.9. The fourth-order valence-corrected chi connectivity index (χ4v) is 3.20. The van der Waals surface area contributed by atoms with Crippen molar-refractivity contribution in [3.05, 3.63) is 24.3 Å². The minimum Gasteiger partial charge on any atom is -0.497 e. The van der Waals surface area contributed by atoms with Gasteiger partial charge in [-0.15, -0.1) is 0 Å². The highest BCUT2D eigenvalue weighted by atomic mass is 16.5. The van der Waals surface area contributed by atoms with E-state index in [9.17, 15) is 9.59 Å². The molecule has 0 aromatic heterocycles. The van der Waals surface area contributed by atoms with Gasteiger partial charge in [0.15, 0.2) is 0 Å².